The summed E-state index contributed by atoms with van der Waals surface area (Å²) in [7, 11) is 0. The molecule has 1 amide bonds. The van der Waals surface area contributed by atoms with Crippen LogP contribution in [0.2, 0.25) is 0 Å². The number of ether oxygens (including phenoxy) is 1. The number of morpholine rings is 1. The number of anilines is 3. The van der Waals surface area contributed by atoms with Crippen molar-refractivity contribution in [2.24, 2.45) is 0 Å². The van der Waals surface area contributed by atoms with E-state index >= 15 is 0 Å². The van der Waals surface area contributed by atoms with Gasteiger partial charge in [0.25, 0.3) is 5.91 Å². The molecular formula is C19H24Cl2N4O2. The Balaban J connectivity index is 0.00000131. The first-order valence-corrected chi connectivity index (χ1v) is 8.77. The quantitative estimate of drug-likeness (QED) is 0.811. The molecule has 2 aliphatic heterocycles. The molecule has 0 aliphatic carbocycles. The van der Waals surface area contributed by atoms with Gasteiger partial charge in [-0.3, -0.25) is 4.79 Å². The topological polar surface area (TPSA) is 66.5 Å². The summed E-state index contributed by atoms with van der Waals surface area (Å²) in [5.74, 6) is 0.837. The number of amides is 1. The van der Waals surface area contributed by atoms with Crippen LogP contribution in [0.5, 0.6) is 0 Å². The van der Waals surface area contributed by atoms with E-state index in [1.54, 1.807) is 6.20 Å². The number of nitrogens with one attached hydrogen (secondary N) is 2. The number of carbonyl (C=O) groups is 1. The molecule has 1 saturated heterocycles. The minimum Gasteiger partial charge on any atom is -0.385 e. The van der Waals surface area contributed by atoms with Crippen LogP contribution in [0.25, 0.3) is 0 Å². The molecule has 2 N–H and O–H groups in total. The standard InChI is InChI=1S/C19H22N4O2.2ClH/c24-19(16-3-1-5-17-15(16)4-2-8-20-17)22-14-6-7-18(21-13-14)23-9-11-25-12-10-23;;/h1,3,5-7,13,20H,2,4,8-12H2,(H,22,24);2*1H. The second kappa shape index (κ2) is 9.78. The number of fused-ring (bicyclic) bond motifs is 1. The van der Waals surface area contributed by atoms with Crippen LogP contribution < -0.4 is 15.5 Å². The Hall–Kier alpha value is -2.02. The van der Waals surface area contributed by atoms with Crippen LogP contribution in [-0.2, 0) is 11.2 Å². The van der Waals surface area contributed by atoms with E-state index in [9.17, 15) is 4.79 Å². The fourth-order valence-electron chi connectivity index (χ4n) is 3.36. The number of carbonyl (C=O) groups excluding carboxylic acids is 1. The highest BCUT2D eigenvalue weighted by Gasteiger charge is 2.18. The maximum atomic E-state index is 12.7. The number of benzene rings is 1. The number of halogens is 2. The fourth-order valence-corrected chi connectivity index (χ4v) is 3.36. The van der Waals surface area contributed by atoms with E-state index < -0.39 is 0 Å². The first kappa shape index (κ1) is 21.3. The SMILES string of the molecule is Cl.Cl.O=C(Nc1ccc(N2CCOCC2)nc1)c1cccc2c1CCCN2. The summed E-state index contributed by atoms with van der Waals surface area (Å²) in [6.07, 6.45) is 3.70. The molecule has 0 atom stereocenters. The van der Waals surface area contributed by atoms with Gasteiger partial charge >= 0.3 is 0 Å². The Labute approximate surface area is 171 Å². The predicted molar refractivity (Wildman–Crippen MR) is 113 cm³/mol. The molecule has 27 heavy (non-hydrogen) atoms. The van der Waals surface area contributed by atoms with Crippen LogP contribution in [0.15, 0.2) is 36.5 Å². The molecule has 146 valence electrons. The molecule has 0 radical (unpaired) electrons. The number of hydrogen-bond donors (Lipinski definition) is 2. The minimum absolute atomic E-state index is 0. The van der Waals surface area contributed by atoms with Crippen LogP contribution in [0.1, 0.15) is 22.3 Å². The lowest BCUT2D eigenvalue weighted by atomic mass is 9.97. The summed E-state index contributed by atoms with van der Waals surface area (Å²) in [5.41, 5.74) is 3.62. The minimum atomic E-state index is -0.0820. The van der Waals surface area contributed by atoms with Crippen molar-refractivity contribution in [3.63, 3.8) is 0 Å². The van der Waals surface area contributed by atoms with Gasteiger partial charge in [-0.2, -0.15) is 0 Å². The smallest absolute Gasteiger partial charge is 0.256 e. The molecule has 8 heteroatoms. The fraction of sp³-hybridized carbons (Fsp3) is 0.368. The third-order valence-electron chi connectivity index (χ3n) is 4.68. The Kier molecular flexibility index (Phi) is 7.71. The second-order valence-electron chi connectivity index (χ2n) is 6.32. The summed E-state index contributed by atoms with van der Waals surface area (Å²) in [5, 5.41) is 6.32. The van der Waals surface area contributed by atoms with Crippen LogP contribution in [0, 0.1) is 0 Å². The van der Waals surface area contributed by atoms with Crippen molar-refractivity contribution in [1.82, 2.24) is 4.98 Å². The van der Waals surface area contributed by atoms with Crippen molar-refractivity contribution < 1.29 is 9.53 Å². The summed E-state index contributed by atoms with van der Waals surface area (Å²) in [6.45, 7) is 4.12. The Morgan fingerprint density at radius 2 is 1.96 bits per heavy atom. The lowest BCUT2D eigenvalue weighted by molar-refractivity contribution is 0.102. The van der Waals surface area contributed by atoms with Crippen molar-refractivity contribution in [3.05, 3.63) is 47.7 Å². The highest BCUT2D eigenvalue weighted by atomic mass is 35.5. The van der Waals surface area contributed by atoms with E-state index in [1.165, 1.54) is 0 Å². The molecule has 1 fully saturated rings. The first-order chi connectivity index (χ1) is 12.3. The van der Waals surface area contributed by atoms with Crippen LogP contribution in [0.4, 0.5) is 17.2 Å². The van der Waals surface area contributed by atoms with Gasteiger partial charge in [0.15, 0.2) is 0 Å². The molecule has 6 nitrogen and oxygen atoms in total. The maximum Gasteiger partial charge on any atom is 0.256 e. The molecule has 0 spiro atoms. The number of nitrogens with zero attached hydrogens (tertiary/aromatic N) is 2. The zero-order chi connectivity index (χ0) is 17.1. The van der Waals surface area contributed by atoms with Gasteiger partial charge in [0, 0.05) is 30.9 Å². The zero-order valence-electron chi connectivity index (χ0n) is 14.9. The van der Waals surface area contributed by atoms with Crippen molar-refractivity contribution >= 4 is 47.9 Å². The van der Waals surface area contributed by atoms with Gasteiger partial charge in [-0.25, -0.2) is 4.98 Å². The molecule has 3 heterocycles. The number of rotatable bonds is 3. The Bertz CT molecular complexity index is 765. The number of aromatic nitrogens is 1. The maximum absolute atomic E-state index is 12.7. The van der Waals surface area contributed by atoms with Crippen molar-refractivity contribution in [3.8, 4) is 0 Å². The van der Waals surface area contributed by atoms with Crippen molar-refractivity contribution in [2.75, 3.05) is 48.4 Å². The summed E-state index contributed by atoms with van der Waals surface area (Å²) >= 11 is 0. The highest BCUT2D eigenvalue weighted by molar-refractivity contribution is 6.06. The number of hydrogen-bond acceptors (Lipinski definition) is 5. The summed E-state index contributed by atoms with van der Waals surface area (Å²) < 4.78 is 5.36. The third-order valence-corrected chi connectivity index (χ3v) is 4.68. The average Bonchev–Trinajstić information content (AvgIpc) is 2.69. The second-order valence-corrected chi connectivity index (χ2v) is 6.32. The highest BCUT2D eigenvalue weighted by Crippen LogP contribution is 2.26. The van der Waals surface area contributed by atoms with E-state index in [4.69, 9.17) is 4.74 Å². The molecule has 1 aromatic carbocycles. The molecular weight excluding hydrogens is 387 g/mol. The molecule has 0 saturated carbocycles. The van der Waals surface area contributed by atoms with Crippen LogP contribution >= 0.6 is 24.8 Å². The van der Waals surface area contributed by atoms with Crippen molar-refractivity contribution in [2.45, 2.75) is 12.8 Å². The normalized spacial score (nSPS) is 15.5. The monoisotopic (exact) mass is 410 g/mol. The van der Waals surface area contributed by atoms with E-state index in [2.05, 4.69) is 20.5 Å². The zero-order valence-corrected chi connectivity index (χ0v) is 16.6. The number of pyridine rings is 1. The molecule has 1 aromatic heterocycles. The summed E-state index contributed by atoms with van der Waals surface area (Å²) in [6, 6.07) is 9.69. The lowest BCUT2D eigenvalue weighted by Crippen LogP contribution is -2.36. The van der Waals surface area contributed by atoms with Gasteiger partial charge < -0.3 is 20.3 Å². The van der Waals surface area contributed by atoms with Crippen molar-refractivity contribution in [1.29, 1.82) is 0 Å². The Morgan fingerprint density at radius 1 is 1.15 bits per heavy atom. The van der Waals surface area contributed by atoms with Gasteiger partial charge in [0.05, 0.1) is 25.1 Å². The average molecular weight is 411 g/mol. The van der Waals surface area contributed by atoms with Crippen LogP contribution in [0.3, 0.4) is 0 Å². The van der Waals surface area contributed by atoms with Gasteiger partial charge in [-0.1, -0.05) is 6.07 Å². The van der Waals surface area contributed by atoms with E-state index in [0.29, 0.717) is 5.69 Å². The predicted octanol–water partition coefficient (Wildman–Crippen LogP) is 3.37. The Morgan fingerprint density at radius 3 is 2.70 bits per heavy atom. The molecule has 0 unspecified atom stereocenters. The van der Waals surface area contributed by atoms with Gasteiger partial charge in [-0.15, -0.1) is 24.8 Å². The lowest BCUT2D eigenvalue weighted by Gasteiger charge is -2.27. The van der Waals surface area contributed by atoms with E-state index in [1.807, 2.05) is 30.3 Å². The van der Waals surface area contributed by atoms with E-state index in [-0.39, 0.29) is 30.7 Å². The molecule has 0 bridgehead atoms. The molecule has 4 rings (SSSR count). The molecule has 2 aliphatic rings. The van der Waals surface area contributed by atoms with Gasteiger partial charge in [-0.05, 0) is 42.7 Å². The van der Waals surface area contributed by atoms with Gasteiger partial charge in [0.2, 0.25) is 0 Å². The first-order valence-electron chi connectivity index (χ1n) is 8.77. The third kappa shape index (κ3) is 4.83. The van der Waals surface area contributed by atoms with Gasteiger partial charge in [0.1, 0.15) is 5.82 Å². The van der Waals surface area contributed by atoms with Crippen LogP contribution in [-0.4, -0.2) is 43.7 Å². The molecule has 2 aromatic rings. The summed E-state index contributed by atoms with van der Waals surface area (Å²) in [4.78, 5) is 19.3. The van der Waals surface area contributed by atoms with E-state index in [0.717, 1.165) is 68.3 Å². The largest absolute Gasteiger partial charge is 0.385 e.